The van der Waals surface area contributed by atoms with Crippen LogP contribution in [0.5, 0.6) is 5.75 Å². The molecule has 1 aromatic heterocycles. The molecule has 2 saturated heterocycles. The smallest absolute Gasteiger partial charge is 0.406 e. The first kappa shape index (κ1) is 26.8. The number of carbonyl (C=O) groups excluding carboxylic acids is 2. The normalized spacial score (nSPS) is 21.7. The van der Waals surface area contributed by atoms with Crippen molar-refractivity contribution < 1.29 is 40.7 Å². The lowest BCUT2D eigenvalue weighted by Gasteiger charge is -2.28. The molecule has 14 heteroatoms. The van der Waals surface area contributed by atoms with Gasteiger partial charge in [0.25, 0.3) is 5.91 Å². The Kier molecular flexibility index (Phi) is 7.18. The number of primary sulfonamides is 1. The van der Waals surface area contributed by atoms with Crippen LogP contribution in [0.4, 0.5) is 13.2 Å². The number of hydrogen-bond donors (Lipinski definition) is 1. The van der Waals surface area contributed by atoms with Crippen molar-refractivity contribution in [3.63, 3.8) is 0 Å². The van der Waals surface area contributed by atoms with E-state index in [9.17, 15) is 31.2 Å². The van der Waals surface area contributed by atoms with Gasteiger partial charge in [0.15, 0.2) is 0 Å². The monoisotopic (exact) mass is 542 g/mol. The lowest BCUT2D eigenvalue weighted by Crippen LogP contribution is -2.44. The van der Waals surface area contributed by atoms with Crippen molar-refractivity contribution in [2.45, 2.75) is 29.7 Å². The predicted molar refractivity (Wildman–Crippen MR) is 123 cm³/mol. The zero-order valence-corrected chi connectivity index (χ0v) is 20.6. The van der Waals surface area contributed by atoms with Gasteiger partial charge in [0.05, 0.1) is 13.1 Å². The molecule has 2 amide bonds. The summed E-state index contributed by atoms with van der Waals surface area (Å²) in [6.07, 6.45) is -3.23. The van der Waals surface area contributed by atoms with E-state index in [1.54, 1.807) is 9.80 Å². The van der Waals surface area contributed by atoms with Crippen molar-refractivity contribution in [2.75, 3.05) is 33.3 Å². The number of methoxy groups -OCH3 is 1. The zero-order chi connectivity index (χ0) is 27.0. The van der Waals surface area contributed by atoms with Crippen LogP contribution in [0, 0.1) is 5.92 Å². The number of alkyl halides is 3. The van der Waals surface area contributed by atoms with Crippen molar-refractivity contribution in [3.05, 3.63) is 53.9 Å². The Balaban J connectivity index is 1.33. The molecule has 2 atom stereocenters. The Bertz CT molecular complexity index is 1270. The molecule has 0 saturated carbocycles. The number of fused-ring (bicyclic) bond motifs is 1. The third-order valence-electron chi connectivity index (χ3n) is 6.66. The number of benzene rings is 1. The fourth-order valence-corrected chi connectivity index (χ4v) is 5.21. The van der Waals surface area contributed by atoms with Crippen LogP contribution < -0.4 is 9.88 Å². The maximum atomic E-state index is 12.9. The van der Waals surface area contributed by atoms with Gasteiger partial charge in [0.1, 0.15) is 21.9 Å². The molecule has 0 bridgehead atoms. The fourth-order valence-electron chi connectivity index (χ4n) is 4.75. The summed E-state index contributed by atoms with van der Waals surface area (Å²) >= 11 is 0. The molecule has 0 spiro atoms. The molecule has 4 rings (SSSR count). The van der Waals surface area contributed by atoms with Gasteiger partial charge in [-0.1, -0.05) is 12.1 Å². The van der Waals surface area contributed by atoms with Crippen LogP contribution in [0.25, 0.3) is 0 Å². The first-order chi connectivity index (χ1) is 17.3. The number of sulfonamides is 1. The third-order valence-corrected chi connectivity index (χ3v) is 7.56. The van der Waals surface area contributed by atoms with Crippen molar-refractivity contribution in [1.82, 2.24) is 14.8 Å². The molecule has 2 fully saturated rings. The Hall–Kier alpha value is -3.23. The van der Waals surface area contributed by atoms with E-state index in [1.165, 1.54) is 43.5 Å². The van der Waals surface area contributed by atoms with Crippen molar-refractivity contribution in [1.29, 1.82) is 0 Å². The number of rotatable bonds is 7. The van der Waals surface area contributed by atoms with Gasteiger partial charge in [0, 0.05) is 38.7 Å². The highest BCUT2D eigenvalue weighted by molar-refractivity contribution is 7.89. The summed E-state index contributed by atoms with van der Waals surface area (Å²) in [7, 11) is -2.40. The van der Waals surface area contributed by atoms with Crippen LogP contribution in [0.3, 0.4) is 0 Å². The summed E-state index contributed by atoms with van der Waals surface area (Å²) in [4.78, 5) is 32.8. The second-order valence-corrected chi connectivity index (χ2v) is 10.6. The summed E-state index contributed by atoms with van der Waals surface area (Å²) in [5.41, 5.74) is 0.0160. The van der Waals surface area contributed by atoms with Crippen LogP contribution in [-0.2, 0) is 26.0 Å². The quantitative estimate of drug-likeness (QED) is 0.562. The minimum Gasteiger partial charge on any atom is -0.406 e. The molecule has 37 heavy (non-hydrogen) atoms. The average Bonchev–Trinajstić information content (AvgIpc) is 3.37. The van der Waals surface area contributed by atoms with E-state index in [1.807, 2.05) is 0 Å². The van der Waals surface area contributed by atoms with Crippen LogP contribution in [-0.4, -0.2) is 80.3 Å². The molecule has 2 aliphatic heterocycles. The standard InChI is InChI=1S/C23H25F3N4O6S/c1-35-22-13-29(20(31)9-4-15-2-5-17(6-3-15)36-23(24,25)26)11-16(22)12-30(14-22)21(32)19-8-7-18(10-28-19)37(27,33)34/h2-3,5-8,10,16H,4,9,11-14H2,1H3,(H2,27,33,34)/t16-,22+/m0/s1. The molecule has 3 heterocycles. The van der Waals surface area contributed by atoms with E-state index in [-0.39, 0.29) is 53.6 Å². The van der Waals surface area contributed by atoms with E-state index in [4.69, 9.17) is 9.88 Å². The molecule has 200 valence electrons. The molecule has 0 aliphatic carbocycles. The van der Waals surface area contributed by atoms with Gasteiger partial charge in [0.2, 0.25) is 15.9 Å². The lowest BCUT2D eigenvalue weighted by atomic mass is 9.95. The van der Waals surface area contributed by atoms with Gasteiger partial charge in [-0.25, -0.2) is 18.5 Å². The van der Waals surface area contributed by atoms with Crippen LogP contribution in [0.15, 0.2) is 47.5 Å². The molecule has 1 aromatic carbocycles. The molecule has 10 nitrogen and oxygen atoms in total. The molecular weight excluding hydrogens is 517 g/mol. The number of nitrogens with zero attached hydrogens (tertiary/aromatic N) is 3. The summed E-state index contributed by atoms with van der Waals surface area (Å²) in [5, 5.41) is 5.07. The van der Waals surface area contributed by atoms with Gasteiger partial charge in [-0.15, -0.1) is 13.2 Å². The minimum absolute atomic E-state index is 0.0678. The van der Waals surface area contributed by atoms with E-state index >= 15 is 0 Å². The summed E-state index contributed by atoms with van der Waals surface area (Å²) < 4.78 is 69.4. The Labute approximate surface area is 211 Å². The van der Waals surface area contributed by atoms with Gasteiger partial charge < -0.3 is 19.3 Å². The second-order valence-electron chi connectivity index (χ2n) is 9.04. The summed E-state index contributed by atoms with van der Waals surface area (Å²) in [6, 6.07) is 7.89. The molecule has 0 unspecified atom stereocenters. The topological polar surface area (TPSA) is 132 Å². The van der Waals surface area contributed by atoms with Crippen LogP contribution in [0.1, 0.15) is 22.5 Å². The fraction of sp³-hybridized carbons (Fsp3) is 0.435. The number of carbonyl (C=O) groups is 2. The second kappa shape index (κ2) is 9.91. The maximum Gasteiger partial charge on any atom is 0.573 e. The average molecular weight is 543 g/mol. The number of ether oxygens (including phenoxy) is 2. The van der Waals surface area contributed by atoms with E-state index in [2.05, 4.69) is 9.72 Å². The lowest BCUT2D eigenvalue weighted by molar-refractivity contribution is -0.274. The number of pyridine rings is 1. The highest BCUT2D eigenvalue weighted by atomic mass is 32.2. The van der Waals surface area contributed by atoms with Crippen molar-refractivity contribution >= 4 is 21.8 Å². The van der Waals surface area contributed by atoms with Gasteiger partial charge >= 0.3 is 6.36 Å². The molecule has 0 radical (unpaired) electrons. The molecule has 2 N–H and O–H groups in total. The van der Waals surface area contributed by atoms with Crippen LogP contribution >= 0.6 is 0 Å². The third kappa shape index (κ3) is 6.02. The van der Waals surface area contributed by atoms with Gasteiger partial charge in [-0.3, -0.25) is 9.59 Å². The first-order valence-corrected chi connectivity index (χ1v) is 12.8. The number of aryl methyl sites for hydroxylation is 1. The Morgan fingerprint density at radius 2 is 1.76 bits per heavy atom. The summed E-state index contributed by atoms with van der Waals surface area (Å²) in [5.74, 6) is -0.971. The minimum atomic E-state index is -4.77. The van der Waals surface area contributed by atoms with Crippen molar-refractivity contribution in [3.8, 4) is 5.75 Å². The van der Waals surface area contributed by atoms with E-state index in [0.717, 1.165) is 6.20 Å². The highest BCUT2D eigenvalue weighted by Crippen LogP contribution is 2.38. The largest absolute Gasteiger partial charge is 0.573 e. The Morgan fingerprint density at radius 3 is 2.30 bits per heavy atom. The molecule has 2 aliphatic rings. The maximum absolute atomic E-state index is 12.9. The first-order valence-electron chi connectivity index (χ1n) is 11.3. The highest BCUT2D eigenvalue weighted by Gasteiger charge is 2.55. The number of aromatic nitrogens is 1. The van der Waals surface area contributed by atoms with Crippen molar-refractivity contribution in [2.24, 2.45) is 11.1 Å². The summed E-state index contributed by atoms with van der Waals surface area (Å²) in [6.45, 7) is 1.23. The molecule has 2 aromatic rings. The van der Waals surface area contributed by atoms with E-state index in [0.29, 0.717) is 25.1 Å². The van der Waals surface area contributed by atoms with Crippen LogP contribution in [0.2, 0.25) is 0 Å². The number of hydrogen-bond acceptors (Lipinski definition) is 7. The number of halogens is 3. The van der Waals surface area contributed by atoms with Gasteiger partial charge in [-0.05, 0) is 36.2 Å². The number of amides is 2. The predicted octanol–water partition coefficient (Wildman–Crippen LogP) is 1.56. The molecular formula is C23H25F3N4O6S. The SMILES string of the molecule is CO[C@@]12CN(C(=O)CCc3ccc(OC(F)(F)F)cc3)C[C@H]1CN(C(=O)c1ccc(S(N)(=O)=O)cn1)C2. The zero-order valence-electron chi connectivity index (χ0n) is 19.8. The Morgan fingerprint density at radius 1 is 1.11 bits per heavy atom. The number of nitrogens with two attached hydrogens (primary N) is 1. The number of likely N-dealkylation sites (tertiary alicyclic amines) is 2. The van der Waals surface area contributed by atoms with E-state index < -0.39 is 22.0 Å². The van der Waals surface area contributed by atoms with Gasteiger partial charge in [-0.2, -0.15) is 0 Å².